The van der Waals surface area contributed by atoms with Gasteiger partial charge < -0.3 is 10.6 Å². The maximum absolute atomic E-state index is 6.23. The van der Waals surface area contributed by atoms with Crippen LogP contribution in [0, 0.1) is 0 Å². The van der Waals surface area contributed by atoms with E-state index in [4.69, 9.17) is 28.9 Å². The highest BCUT2D eigenvalue weighted by molar-refractivity contribution is 6.35. The van der Waals surface area contributed by atoms with E-state index in [9.17, 15) is 0 Å². The standard InChI is InChI=1S/C15H14Cl2N2/c16-12-2-1-11(14(17)8-12)9-19-6-5-10-7-13(18)3-4-15(10)19/h1-4,7-8H,5-6,9,18H2. The first-order valence-corrected chi connectivity index (χ1v) is 6.96. The normalized spacial score (nSPS) is 13.7. The molecular formula is C15H14Cl2N2. The van der Waals surface area contributed by atoms with Crippen molar-refractivity contribution in [2.24, 2.45) is 0 Å². The van der Waals surface area contributed by atoms with Gasteiger partial charge >= 0.3 is 0 Å². The third-order valence-corrected chi connectivity index (χ3v) is 4.06. The molecule has 0 saturated carbocycles. The molecule has 0 atom stereocenters. The van der Waals surface area contributed by atoms with E-state index in [2.05, 4.69) is 17.0 Å². The highest BCUT2D eigenvalue weighted by atomic mass is 35.5. The fourth-order valence-electron chi connectivity index (χ4n) is 2.51. The van der Waals surface area contributed by atoms with Gasteiger partial charge in [-0.25, -0.2) is 0 Å². The lowest BCUT2D eigenvalue weighted by Crippen LogP contribution is -2.19. The molecule has 0 aromatic heterocycles. The van der Waals surface area contributed by atoms with Crippen molar-refractivity contribution in [2.45, 2.75) is 13.0 Å². The molecule has 0 spiro atoms. The molecular weight excluding hydrogens is 279 g/mol. The number of benzene rings is 2. The Labute approximate surface area is 122 Å². The number of anilines is 2. The minimum atomic E-state index is 0.670. The van der Waals surface area contributed by atoms with E-state index in [1.54, 1.807) is 6.07 Å². The van der Waals surface area contributed by atoms with E-state index in [-0.39, 0.29) is 0 Å². The molecule has 0 aliphatic carbocycles. The van der Waals surface area contributed by atoms with Gasteiger partial charge in [0, 0.05) is 34.5 Å². The van der Waals surface area contributed by atoms with Crippen LogP contribution in [-0.2, 0) is 13.0 Å². The first-order chi connectivity index (χ1) is 9.13. The number of rotatable bonds is 2. The molecule has 2 aromatic rings. The molecule has 2 N–H and O–H groups in total. The van der Waals surface area contributed by atoms with E-state index in [0.717, 1.165) is 35.8 Å². The highest BCUT2D eigenvalue weighted by Crippen LogP contribution is 2.32. The van der Waals surface area contributed by atoms with Gasteiger partial charge in [0.1, 0.15) is 0 Å². The van der Waals surface area contributed by atoms with Crippen molar-refractivity contribution in [1.82, 2.24) is 0 Å². The van der Waals surface area contributed by atoms with Gasteiger partial charge in [0.25, 0.3) is 0 Å². The number of halogens is 2. The van der Waals surface area contributed by atoms with Gasteiger partial charge in [-0.05, 0) is 47.9 Å². The van der Waals surface area contributed by atoms with Crippen LogP contribution >= 0.6 is 23.2 Å². The van der Waals surface area contributed by atoms with Crippen LogP contribution in [0.25, 0.3) is 0 Å². The summed E-state index contributed by atoms with van der Waals surface area (Å²) < 4.78 is 0. The zero-order valence-corrected chi connectivity index (χ0v) is 11.9. The van der Waals surface area contributed by atoms with Crippen LogP contribution in [0.3, 0.4) is 0 Å². The summed E-state index contributed by atoms with van der Waals surface area (Å²) in [4.78, 5) is 2.32. The van der Waals surface area contributed by atoms with Crippen LogP contribution in [0.15, 0.2) is 36.4 Å². The molecule has 1 heterocycles. The largest absolute Gasteiger partial charge is 0.399 e. The van der Waals surface area contributed by atoms with Crippen molar-refractivity contribution in [3.63, 3.8) is 0 Å². The van der Waals surface area contributed by atoms with E-state index < -0.39 is 0 Å². The predicted molar refractivity (Wildman–Crippen MR) is 82.1 cm³/mol. The SMILES string of the molecule is Nc1ccc2c(c1)CCN2Cc1ccc(Cl)cc1Cl. The van der Waals surface area contributed by atoms with Gasteiger partial charge in [-0.15, -0.1) is 0 Å². The lowest BCUT2D eigenvalue weighted by molar-refractivity contribution is 0.836. The molecule has 2 aromatic carbocycles. The number of nitrogens with two attached hydrogens (primary N) is 1. The van der Waals surface area contributed by atoms with E-state index >= 15 is 0 Å². The van der Waals surface area contributed by atoms with Gasteiger partial charge in [-0.3, -0.25) is 0 Å². The number of fused-ring (bicyclic) bond motifs is 1. The van der Waals surface area contributed by atoms with Gasteiger partial charge in [0.05, 0.1) is 0 Å². The van der Waals surface area contributed by atoms with Gasteiger partial charge in [-0.1, -0.05) is 29.3 Å². The molecule has 3 rings (SSSR count). The molecule has 4 heteroatoms. The summed E-state index contributed by atoms with van der Waals surface area (Å²) in [5.41, 5.74) is 10.3. The molecule has 98 valence electrons. The summed E-state index contributed by atoms with van der Waals surface area (Å²) in [6, 6.07) is 11.7. The lowest BCUT2D eigenvalue weighted by atomic mass is 10.1. The number of hydrogen-bond donors (Lipinski definition) is 1. The third kappa shape index (κ3) is 2.51. The van der Waals surface area contributed by atoms with E-state index in [0.29, 0.717) is 5.02 Å². The third-order valence-electron chi connectivity index (χ3n) is 3.47. The van der Waals surface area contributed by atoms with Crippen molar-refractivity contribution >= 4 is 34.6 Å². The van der Waals surface area contributed by atoms with Crippen molar-refractivity contribution in [3.8, 4) is 0 Å². The second kappa shape index (κ2) is 4.95. The summed E-state index contributed by atoms with van der Waals surface area (Å²) in [5, 5.41) is 1.39. The van der Waals surface area contributed by atoms with Crippen LogP contribution in [0.2, 0.25) is 10.0 Å². The monoisotopic (exact) mass is 292 g/mol. The Balaban J connectivity index is 1.86. The minimum Gasteiger partial charge on any atom is -0.399 e. The molecule has 19 heavy (non-hydrogen) atoms. The second-order valence-corrected chi connectivity index (χ2v) is 5.64. The average Bonchev–Trinajstić information content (AvgIpc) is 2.75. The van der Waals surface area contributed by atoms with E-state index in [1.165, 1.54) is 11.3 Å². The second-order valence-electron chi connectivity index (χ2n) is 4.80. The zero-order valence-electron chi connectivity index (χ0n) is 10.4. The van der Waals surface area contributed by atoms with Crippen LogP contribution in [0.4, 0.5) is 11.4 Å². The Morgan fingerprint density at radius 1 is 1.11 bits per heavy atom. The smallest absolute Gasteiger partial charge is 0.0470 e. The molecule has 0 bridgehead atoms. The number of hydrogen-bond acceptors (Lipinski definition) is 2. The Bertz CT molecular complexity index is 626. The molecule has 2 nitrogen and oxygen atoms in total. The predicted octanol–water partition coefficient (Wildman–Crippen LogP) is 4.14. The van der Waals surface area contributed by atoms with E-state index in [1.807, 2.05) is 18.2 Å². The molecule has 0 fully saturated rings. The summed E-state index contributed by atoms with van der Waals surface area (Å²) in [6.07, 6.45) is 1.03. The maximum atomic E-state index is 6.23. The Kier molecular flexibility index (Phi) is 3.29. The van der Waals surface area contributed by atoms with Crippen molar-refractivity contribution in [3.05, 3.63) is 57.6 Å². The quantitative estimate of drug-likeness (QED) is 0.843. The fraction of sp³-hybridized carbons (Fsp3) is 0.200. The molecule has 0 radical (unpaired) electrons. The lowest BCUT2D eigenvalue weighted by Gasteiger charge is -2.20. The first kappa shape index (κ1) is 12.6. The number of nitrogen functional groups attached to an aromatic ring is 1. The average molecular weight is 293 g/mol. The Morgan fingerprint density at radius 3 is 2.74 bits per heavy atom. The van der Waals surface area contributed by atoms with Gasteiger partial charge in [-0.2, -0.15) is 0 Å². The Hall–Kier alpha value is -1.38. The highest BCUT2D eigenvalue weighted by Gasteiger charge is 2.19. The minimum absolute atomic E-state index is 0.670. The summed E-state index contributed by atoms with van der Waals surface area (Å²) in [6.45, 7) is 1.80. The number of nitrogens with zero attached hydrogens (tertiary/aromatic N) is 1. The molecule has 1 aliphatic rings. The van der Waals surface area contributed by atoms with Gasteiger partial charge in [0.15, 0.2) is 0 Å². The Morgan fingerprint density at radius 2 is 1.95 bits per heavy atom. The van der Waals surface area contributed by atoms with Crippen LogP contribution in [0.5, 0.6) is 0 Å². The molecule has 0 saturated heterocycles. The maximum Gasteiger partial charge on any atom is 0.0470 e. The fourth-order valence-corrected chi connectivity index (χ4v) is 2.98. The topological polar surface area (TPSA) is 29.3 Å². The zero-order chi connectivity index (χ0) is 13.4. The van der Waals surface area contributed by atoms with Gasteiger partial charge in [0.2, 0.25) is 0 Å². The van der Waals surface area contributed by atoms with Crippen molar-refractivity contribution in [1.29, 1.82) is 0 Å². The molecule has 0 amide bonds. The van der Waals surface area contributed by atoms with Crippen LogP contribution in [0.1, 0.15) is 11.1 Å². The first-order valence-electron chi connectivity index (χ1n) is 6.21. The van der Waals surface area contributed by atoms with Crippen LogP contribution in [-0.4, -0.2) is 6.54 Å². The van der Waals surface area contributed by atoms with Crippen molar-refractivity contribution in [2.75, 3.05) is 17.2 Å². The summed E-state index contributed by atoms with van der Waals surface area (Å²) >= 11 is 12.1. The van der Waals surface area contributed by atoms with Crippen LogP contribution < -0.4 is 10.6 Å². The molecule has 1 aliphatic heterocycles. The summed E-state index contributed by atoms with van der Waals surface area (Å²) in [5.74, 6) is 0. The van der Waals surface area contributed by atoms with Crippen molar-refractivity contribution < 1.29 is 0 Å². The summed E-state index contributed by atoms with van der Waals surface area (Å²) in [7, 11) is 0. The molecule has 0 unspecified atom stereocenters.